The molecule has 0 spiro atoms. The molecular formula is C15H12N4O2. The van der Waals surface area contributed by atoms with Gasteiger partial charge in [0, 0.05) is 11.6 Å². The molecule has 6 heteroatoms. The highest BCUT2D eigenvalue weighted by Crippen LogP contribution is 2.23. The van der Waals surface area contributed by atoms with Crippen LogP contribution in [0.1, 0.15) is 16.2 Å². The quantitative estimate of drug-likeness (QED) is 0.762. The van der Waals surface area contributed by atoms with Gasteiger partial charge in [0.1, 0.15) is 5.82 Å². The highest BCUT2D eigenvalue weighted by molar-refractivity contribution is 5.97. The Hall–Kier alpha value is -3.02. The fourth-order valence-corrected chi connectivity index (χ4v) is 2.05. The summed E-state index contributed by atoms with van der Waals surface area (Å²) in [5.74, 6) is -0.528. The lowest BCUT2D eigenvalue weighted by molar-refractivity contribution is 0.0691. The number of nitrogens with zero attached hydrogens (tertiary/aromatic N) is 3. The van der Waals surface area contributed by atoms with E-state index in [2.05, 4.69) is 20.5 Å². The molecule has 2 aromatic heterocycles. The molecule has 0 aliphatic rings. The third-order valence-electron chi connectivity index (χ3n) is 3.02. The highest BCUT2D eigenvalue weighted by atomic mass is 16.4. The van der Waals surface area contributed by atoms with Gasteiger partial charge < -0.3 is 10.4 Å². The van der Waals surface area contributed by atoms with E-state index in [1.807, 2.05) is 30.3 Å². The van der Waals surface area contributed by atoms with Gasteiger partial charge in [-0.25, -0.2) is 9.78 Å². The third kappa shape index (κ3) is 2.79. The molecule has 1 aromatic carbocycles. The van der Waals surface area contributed by atoms with E-state index < -0.39 is 5.97 Å². The molecule has 21 heavy (non-hydrogen) atoms. The minimum Gasteiger partial charge on any atom is -0.477 e. The second-order valence-electron chi connectivity index (χ2n) is 4.45. The van der Waals surface area contributed by atoms with E-state index >= 15 is 0 Å². The fourth-order valence-electron chi connectivity index (χ4n) is 2.05. The Morgan fingerprint density at radius 1 is 1.19 bits per heavy atom. The maximum atomic E-state index is 11.2. The number of anilines is 1. The molecular weight excluding hydrogens is 268 g/mol. The van der Waals surface area contributed by atoms with Crippen LogP contribution in [0.2, 0.25) is 0 Å². The molecule has 0 saturated carbocycles. The van der Waals surface area contributed by atoms with Crippen molar-refractivity contribution >= 4 is 22.6 Å². The Labute approximate surface area is 120 Å². The number of aromatic carboxylic acids is 1. The summed E-state index contributed by atoms with van der Waals surface area (Å²) < 4.78 is 0. The molecule has 3 aromatic rings. The molecule has 0 saturated heterocycles. The lowest BCUT2D eigenvalue weighted by Crippen LogP contribution is -2.08. The number of nitrogens with one attached hydrogen (secondary N) is 1. The van der Waals surface area contributed by atoms with Crippen LogP contribution >= 0.6 is 0 Å². The normalized spacial score (nSPS) is 10.5. The van der Waals surface area contributed by atoms with Gasteiger partial charge in [-0.05, 0) is 23.6 Å². The number of fused-ring (bicyclic) bond motifs is 1. The predicted molar refractivity (Wildman–Crippen MR) is 78.1 cm³/mol. The average Bonchev–Trinajstić information content (AvgIpc) is 2.53. The van der Waals surface area contributed by atoms with Gasteiger partial charge in [-0.15, -0.1) is 0 Å². The minimum absolute atomic E-state index is 0.00958. The Morgan fingerprint density at radius 3 is 2.81 bits per heavy atom. The number of carboxylic acid groups (broad SMARTS) is 1. The van der Waals surface area contributed by atoms with Gasteiger partial charge in [0.15, 0.2) is 5.69 Å². The summed E-state index contributed by atoms with van der Waals surface area (Å²) in [5, 5.41) is 21.7. The third-order valence-corrected chi connectivity index (χ3v) is 3.02. The highest BCUT2D eigenvalue weighted by Gasteiger charge is 2.10. The van der Waals surface area contributed by atoms with Crippen molar-refractivity contribution in [3.8, 4) is 0 Å². The predicted octanol–water partition coefficient (Wildman–Crippen LogP) is 2.34. The zero-order chi connectivity index (χ0) is 14.7. The van der Waals surface area contributed by atoms with Crippen molar-refractivity contribution in [1.29, 1.82) is 0 Å². The van der Waals surface area contributed by atoms with Crippen LogP contribution in [0.4, 0.5) is 5.82 Å². The minimum atomic E-state index is -1.05. The monoisotopic (exact) mass is 280 g/mol. The molecule has 0 amide bonds. The van der Waals surface area contributed by atoms with Crippen molar-refractivity contribution in [3.63, 3.8) is 0 Å². The Kier molecular flexibility index (Phi) is 3.42. The summed E-state index contributed by atoms with van der Waals surface area (Å²) in [5.41, 5.74) is 0.763. The van der Waals surface area contributed by atoms with Crippen LogP contribution in [-0.4, -0.2) is 26.3 Å². The first-order chi connectivity index (χ1) is 10.2. The molecule has 6 nitrogen and oxygen atoms in total. The maximum Gasteiger partial charge on any atom is 0.354 e. The first-order valence-corrected chi connectivity index (χ1v) is 6.37. The van der Waals surface area contributed by atoms with E-state index in [0.29, 0.717) is 12.4 Å². The van der Waals surface area contributed by atoms with E-state index in [1.54, 1.807) is 18.3 Å². The van der Waals surface area contributed by atoms with Crippen molar-refractivity contribution in [2.24, 2.45) is 0 Å². The molecule has 0 aliphatic heterocycles. The van der Waals surface area contributed by atoms with Crippen molar-refractivity contribution in [2.75, 3.05) is 5.32 Å². The second kappa shape index (κ2) is 5.54. The SMILES string of the molecule is O=C(O)c1cc2ccccc2c(NCc2cccnn2)n1. The average molecular weight is 280 g/mol. The van der Waals surface area contributed by atoms with Crippen molar-refractivity contribution < 1.29 is 9.90 Å². The van der Waals surface area contributed by atoms with Crippen LogP contribution in [0.5, 0.6) is 0 Å². The van der Waals surface area contributed by atoms with E-state index in [-0.39, 0.29) is 5.69 Å². The number of carbonyl (C=O) groups is 1. The van der Waals surface area contributed by atoms with Crippen LogP contribution in [0, 0.1) is 0 Å². The first kappa shape index (κ1) is 13.0. The Balaban J connectivity index is 1.98. The van der Waals surface area contributed by atoms with Crippen LogP contribution in [-0.2, 0) is 6.54 Å². The number of hydrogen-bond donors (Lipinski definition) is 2. The topological polar surface area (TPSA) is 88.0 Å². The summed E-state index contributed by atoms with van der Waals surface area (Å²) in [6.45, 7) is 0.425. The van der Waals surface area contributed by atoms with Crippen molar-refractivity contribution in [2.45, 2.75) is 6.54 Å². The summed E-state index contributed by atoms with van der Waals surface area (Å²) in [4.78, 5) is 15.3. The number of benzene rings is 1. The van der Waals surface area contributed by atoms with E-state index in [9.17, 15) is 4.79 Å². The van der Waals surface area contributed by atoms with E-state index in [4.69, 9.17) is 5.11 Å². The molecule has 0 atom stereocenters. The Bertz CT molecular complexity index is 790. The van der Waals surface area contributed by atoms with Crippen LogP contribution in [0.3, 0.4) is 0 Å². The molecule has 104 valence electrons. The number of carboxylic acids is 1. The molecule has 2 heterocycles. The first-order valence-electron chi connectivity index (χ1n) is 6.37. The summed E-state index contributed by atoms with van der Waals surface area (Å²) in [7, 11) is 0. The molecule has 0 fully saturated rings. The van der Waals surface area contributed by atoms with Crippen LogP contribution in [0.15, 0.2) is 48.7 Å². The van der Waals surface area contributed by atoms with Gasteiger partial charge in [-0.2, -0.15) is 10.2 Å². The zero-order valence-electron chi connectivity index (χ0n) is 11.0. The summed E-state index contributed by atoms with van der Waals surface area (Å²) in [6, 6.07) is 12.7. The van der Waals surface area contributed by atoms with Gasteiger partial charge in [0.05, 0.1) is 12.2 Å². The molecule has 0 unspecified atom stereocenters. The molecule has 0 radical (unpaired) electrons. The second-order valence-corrected chi connectivity index (χ2v) is 4.45. The van der Waals surface area contributed by atoms with Crippen LogP contribution in [0.25, 0.3) is 10.8 Å². The van der Waals surface area contributed by atoms with Crippen molar-refractivity contribution in [3.05, 3.63) is 60.0 Å². The molecule has 0 bridgehead atoms. The smallest absolute Gasteiger partial charge is 0.354 e. The van der Waals surface area contributed by atoms with Gasteiger partial charge in [0.25, 0.3) is 0 Å². The zero-order valence-corrected chi connectivity index (χ0v) is 11.0. The lowest BCUT2D eigenvalue weighted by atomic mass is 10.1. The Morgan fingerprint density at radius 2 is 2.05 bits per heavy atom. The standard InChI is InChI=1S/C15H12N4O2/c20-15(21)13-8-10-4-1-2-6-12(10)14(18-13)16-9-11-5-3-7-17-19-11/h1-8H,9H2,(H,16,18)(H,20,21). The van der Waals surface area contributed by atoms with Gasteiger partial charge in [0.2, 0.25) is 0 Å². The summed E-state index contributed by atoms with van der Waals surface area (Å²) >= 11 is 0. The number of pyridine rings is 1. The van der Waals surface area contributed by atoms with E-state index in [0.717, 1.165) is 16.5 Å². The lowest BCUT2D eigenvalue weighted by Gasteiger charge is -2.09. The number of hydrogen-bond acceptors (Lipinski definition) is 5. The largest absolute Gasteiger partial charge is 0.477 e. The summed E-state index contributed by atoms with van der Waals surface area (Å²) in [6.07, 6.45) is 1.60. The molecule has 2 N–H and O–H groups in total. The number of aromatic nitrogens is 3. The van der Waals surface area contributed by atoms with E-state index in [1.165, 1.54) is 0 Å². The van der Waals surface area contributed by atoms with Crippen molar-refractivity contribution in [1.82, 2.24) is 15.2 Å². The molecule has 3 rings (SSSR count). The molecule has 0 aliphatic carbocycles. The number of rotatable bonds is 4. The maximum absolute atomic E-state index is 11.2. The van der Waals surface area contributed by atoms with Gasteiger partial charge in [-0.1, -0.05) is 24.3 Å². The van der Waals surface area contributed by atoms with Gasteiger partial charge in [-0.3, -0.25) is 0 Å². The van der Waals surface area contributed by atoms with Gasteiger partial charge >= 0.3 is 5.97 Å². The fraction of sp³-hybridized carbons (Fsp3) is 0.0667. The van der Waals surface area contributed by atoms with Crippen LogP contribution < -0.4 is 5.32 Å².